The molecule has 6 heteroatoms. The number of nitrogens with one attached hydrogen (secondary N) is 2. The van der Waals surface area contributed by atoms with Gasteiger partial charge in [0.1, 0.15) is 0 Å². The van der Waals surface area contributed by atoms with E-state index < -0.39 is 0 Å². The fourth-order valence-electron chi connectivity index (χ4n) is 3.86. The van der Waals surface area contributed by atoms with Gasteiger partial charge in [-0.3, -0.25) is 9.59 Å². The van der Waals surface area contributed by atoms with E-state index in [0.29, 0.717) is 36.4 Å². The van der Waals surface area contributed by atoms with Crippen molar-refractivity contribution in [3.63, 3.8) is 0 Å². The van der Waals surface area contributed by atoms with Crippen LogP contribution >= 0.6 is 11.6 Å². The Morgan fingerprint density at radius 3 is 2.35 bits per heavy atom. The fraction of sp³-hybridized carbons (Fsp3) is 0.360. The molecule has 1 saturated heterocycles. The molecule has 1 aliphatic heterocycles. The lowest BCUT2D eigenvalue weighted by molar-refractivity contribution is -0.116. The molecule has 1 aliphatic carbocycles. The summed E-state index contributed by atoms with van der Waals surface area (Å²) in [6.45, 7) is 1.89. The largest absolute Gasteiger partial charge is 0.381 e. The minimum Gasteiger partial charge on any atom is -0.381 e. The van der Waals surface area contributed by atoms with E-state index in [0.717, 1.165) is 31.2 Å². The predicted octanol–water partition coefficient (Wildman–Crippen LogP) is 4.11. The quantitative estimate of drug-likeness (QED) is 0.639. The Balaban J connectivity index is 1.35. The van der Waals surface area contributed by atoms with Crippen LogP contribution in [-0.4, -0.2) is 37.6 Å². The van der Waals surface area contributed by atoms with E-state index in [-0.39, 0.29) is 17.2 Å². The van der Waals surface area contributed by atoms with E-state index in [1.807, 2.05) is 36.4 Å². The second-order valence-electron chi connectivity index (χ2n) is 8.32. The van der Waals surface area contributed by atoms with Gasteiger partial charge in [0.25, 0.3) is 5.91 Å². The smallest absolute Gasteiger partial charge is 0.251 e. The van der Waals surface area contributed by atoms with E-state index in [9.17, 15) is 9.59 Å². The zero-order chi connectivity index (χ0) is 21.7. The maximum absolute atomic E-state index is 12.5. The first-order chi connectivity index (χ1) is 15.0. The van der Waals surface area contributed by atoms with Crippen LogP contribution in [0.1, 0.15) is 47.2 Å². The lowest BCUT2D eigenvalue weighted by atomic mass is 9.74. The number of carbonyl (C=O) groups excluding carboxylic acids is 2. The summed E-state index contributed by atoms with van der Waals surface area (Å²) in [5.41, 5.74) is 2.53. The Bertz CT molecular complexity index is 944. The van der Waals surface area contributed by atoms with Crippen LogP contribution in [0.4, 0.5) is 0 Å². The van der Waals surface area contributed by atoms with Crippen molar-refractivity contribution < 1.29 is 14.3 Å². The van der Waals surface area contributed by atoms with Crippen LogP contribution in [-0.2, 0) is 14.9 Å². The van der Waals surface area contributed by atoms with Gasteiger partial charge in [-0.1, -0.05) is 35.9 Å². The van der Waals surface area contributed by atoms with Gasteiger partial charge >= 0.3 is 0 Å². The summed E-state index contributed by atoms with van der Waals surface area (Å²) in [5, 5.41) is 6.73. The Morgan fingerprint density at radius 2 is 1.71 bits per heavy atom. The van der Waals surface area contributed by atoms with Crippen molar-refractivity contribution in [3.05, 3.63) is 76.3 Å². The topological polar surface area (TPSA) is 67.4 Å². The number of amides is 2. The molecule has 162 valence electrons. The van der Waals surface area contributed by atoms with E-state index in [4.69, 9.17) is 16.3 Å². The second kappa shape index (κ2) is 9.67. The monoisotopic (exact) mass is 438 g/mol. The lowest BCUT2D eigenvalue weighted by Crippen LogP contribution is -2.44. The maximum atomic E-state index is 12.5. The molecule has 2 aromatic carbocycles. The van der Waals surface area contributed by atoms with Gasteiger partial charge in [-0.25, -0.2) is 0 Å². The first-order valence-corrected chi connectivity index (χ1v) is 11.1. The minimum absolute atomic E-state index is 0.0419. The highest BCUT2D eigenvalue weighted by Crippen LogP contribution is 2.34. The molecule has 0 atom stereocenters. The fourth-order valence-corrected chi connectivity index (χ4v) is 3.99. The third kappa shape index (κ3) is 5.75. The molecule has 0 spiro atoms. The summed E-state index contributed by atoms with van der Waals surface area (Å²) in [5.74, 6) is -0.185. The average Bonchev–Trinajstić information content (AvgIpc) is 3.61. The highest BCUT2D eigenvalue weighted by molar-refractivity contribution is 6.30. The number of halogens is 1. The molecular weight excluding hydrogens is 412 g/mol. The molecule has 5 nitrogen and oxygen atoms in total. The van der Waals surface area contributed by atoms with Crippen LogP contribution in [0.5, 0.6) is 0 Å². The highest BCUT2D eigenvalue weighted by Gasteiger charge is 2.34. The van der Waals surface area contributed by atoms with Crippen molar-refractivity contribution >= 4 is 29.5 Å². The third-order valence-electron chi connectivity index (χ3n) is 6.02. The Kier molecular flexibility index (Phi) is 6.73. The van der Waals surface area contributed by atoms with Gasteiger partial charge in [0.05, 0.1) is 0 Å². The Labute approximate surface area is 187 Å². The number of rotatable bonds is 7. The standard InChI is InChI=1S/C25H27ClN2O3/c26-21-8-6-20(7-9-21)25(13-15-31-16-14-25)17-27-23(29)12-3-18-1-4-19(5-2-18)24(30)28-22-10-11-22/h1-9,12,22H,10-11,13-17H2,(H,27,29)(H,28,30)/b12-3+. The summed E-state index contributed by atoms with van der Waals surface area (Å²) >= 11 is 6.05. The van der Waals surface area contributed by atoms with Gasteiger partial charge in [0.15, 0.2) is 0 Å². The number of ether oxygens (including phenoxy) is 1. The van der Waals surface area contributed by atoms with Crippen molar-refractivity contribution in [2.45, 2.75) is 37.1 Å². The first-order valence-electron chi connectivity index (χ1n) is 10.7. The molecule has 0 aromatic heterocycles. The summed E-state index contributed by atoms with van der Waals surface area (Å²) in [4.78, 5) is 24.5. The summed E-state index contributed by atoms with van der Waals surface area (Å²) < 4.78 is 5.55. The second-order valence-corrected chi connectivity index (χ2v) is 8.76. The number of hydrogen-bond acceptors (Lipinski definition) is 3. The van der Waals surface area contributed by atoms with Crippen molar-refractivity contribution in [2.24, 2.45) is 0 Å². The molecule has 2 aromatic rings. The first kappa shape index (κ1) is 21.6. The summed E-state index contributed by atoms with van der Waals surface area (Å²) in [6, 6.07) is 15.5. The molecule has 2 amide bonds. The molecule has 2 fully saturated rings. The molecule has 0 bridgehead atoms. The van der Waals surface area contributed by atoms with E-state index in [1.165, 1.54) is 11.6 Å². The molecule has 2 N–H and O–H groups in total. The molecule has 4 rings (SSSR count). The average molecular weight is 439 g/mol. The van der Waals surface area contributed by atoms with Crippen LogP contribution < -0.4 is 10.6 Å². The van der Waals surface area contributed by atoms with Gasteiger partial charge < -0.3 is 15.4 Å². The van der Waals surface area contributed by atoms with Gasteiger partial charge in [-0.2, -0.15) is 0 Å². The normalized spacial score (nSPS) is 18.0. The SMILES string of the molecule is O=C(/C=C/c1ccc(C(=O)NC2CC2)cc1)NCC1(c2ccc(Cl)cc2)CCOCC1. The van der Waals surface area contributed by atoms with E-state index >= 15 is 0 Å². The van der Waals surface area contributed by atoms with E-state index in [1.54, 1.807) is 18.2 Å². The molecule has 0 radical (unpaired) electrons. The van der Waals surface area contributed by atoms with Gasteiger partial charge in [0.2, 0.25) is 5.91 Å². The van der Waals surface area contributed by atoms with Crippen molar-refractivity contribution in [1.29, 1.82) is 0 Å². The predicted molar refractivity (Wildman–Crippen MR) is 122 cm³/mol. The summed E-state index contributed by atoms with van der Waals surface area (Å²) in [6.07, 6.45) is 7.12. The zero-order valence-corrected chi connectivity index (χ0v) is 18.2. The van der Waals surface area contributed by atoms with Crippen LogP contribution in [0.25, 0.3) is 6.08 Å². The molecular formula is C25H27ClN2O3. The Hall–Kier alpha value is -2.63. The van der Waals surface area contributed by atoms with Crippen LogP contribution in [0.2, 0.25) is 5.02 Å². The third-order valence-corrected chi connectivity index (χ3v) is 6.27. The van der Waals surface area contributed by atoms with Crippen molar-refractivity contribution in [1.82, 2.24) is 10.6 Å². The maximum Gasteiger partial charge on any atom is 0.251 e. The highest BCUT2D eigenvalue weighted by atomic mass is 35.5. The van der Waals surface area contributed by atoms with E-state index in [2.05, 4.69) is 10.6 Å². The number of carbonyl (C=O) groups is 2. The van der Waals surface area contributed by atoms with Crippen LogP contribution in [0, 0.1) is 0 Å². The van der Waals surface area contributed by atoms with Crippen LogP contribution in [0.3, 0.4) is 0 Å². The summed E-state index contributed by atoms with van der Waals surface area (Å²) in [7, 11) is 0. The van der Waals surface area contributed by atoms with Gasteiger partial charge in [-0.15, -0.1) is 0 Å². The molecule has 1 heterocycles. The molecule has 31 heavy (non-hydrogen) atoms. The minimum atomic E-state index is -0.150. The molecule has 2 aliphatic rings. The van der Waals surface area contributed by atoms with Gasteiger partial charge in [-0.05, 0) is 67.2 Å². The number of benzene rings is 2. The van der Waals surface area contributed by atoms with Gasteiger partial charge in [0, 0.05) is 47.9 Å². The molecule has 1 saturated carbocycles. The number of hydrogen-bond donors (Lipinski definition) is 2. The molecule has 0 unspecified atom stereocenters. The Morgan fingerprint density at radius 1 is 1.03 bits per heavy atom. The zero-order valence-electron chi connectivity index (χ0n) is 17.4. The van der Waals surface area contributed by atoms with Crippen molar-refractivity contribution in [3.8, 4) is 0 Å². The van der Waals surface area contributed by atoms with Crippen LogP contribution in [0.15, 0.2) is 54.6 Å². The van der Waals surface area contributed by atoms with Crippen molar-refractivity contribution in [2.75, 3.05) is 19.8 Å². The lowest BCUT2D eigenvalue weighted by Gasteiger charge is -2.37.